The van der Waals surface area contributed by atoms with E-state index in [9.17, 15) is 14.7 Å². The van der Waals surface area contributed by atoms with E-state index in [-0.39, 0.29) is 29.7 Å². The monoisotopic (exact) mass is 406 g/mol. The van der Waals surface area contributed by atoms with Gasteiger partial charge in [-0.1, -0.05) is 12.2 Å². The molecule has 1 amide bonds. The minimum atomic E-state index is -1.12. The lowest BCUT2D eigenvalue weighted by Crippen LogP contribution is -2.64. The summed E-state index contributed by atoms with van der Waals surface area (Å²) in [5, 5.41) is 9.22. The smallest absolute Gasteiger partial charge is 0.352 e. The number of aliphatic carboxylic acids is 1. The number of aliphatic imine (C=N–C) groups is 1. The van der Waals surface area contributed by atoms with E-state index in [1.54, 1.807) is 30.5 Å². The number of ether oxygens (including phenoxy) is 2. The fraction of sp³-hybridized carbons (Fsp3) is 0.278. The number of carbonyl (C=O) groups is 2. The van der Waals surface area contributed by atoms with Crippen LogP contribution in [0.4, 0.5) is 0 Å². The van der Waals surface area contributed by atoms with Gasteiger partial charge in [-0.2, -0.15) is 0 Å². The number of carboxylic acids is 1. The lowest BCUT2D eigenvalue weighted by molar-refractivity contribution is -0.147. The van der Waals surface area contributed by atoms with Crippen LogP contribution < -0.4 is 9.47 Å². The molecule has 0 bridgehead atoms. The molecule has 0 unspecified atom stereocenters. The van der Waals surface area contributed by atoms with Crippen LogP contribution in [-0.4, -0.2) is 57.9 Å². The summed E-state index contributed by atoms with van der Waals surface area (Å²) in [6, 6.07) is 4.80. The van der Waals surface area contributed by atoms with Crippen LogP contribution in [0.5, 0.6) is 11.5 Å². The van der Waals surface area contributed by atoms with E-state index < -0.39 is 12.0 Å². The molecule has 1 fully saturated rings. The summed E-state index contributed by atoms with van der Waals surface area (Å²) >= 11 is 7.12. The highest BCUT2D eigenvalue weighted by atomic mass is 35.5. The van der Waals surface area contributed by atoms with E-state index in [0.717, 1.165) is 5.56 Å². The van der Waals surface area contributed by atoms with Crippen LogP contribution in [-0.2, 0) is 9.59 Å². The maximum atomic E-state index is 12.5. The van der Waals surface area contributed by atoms with Crippen molar-refractivity contribution in [3.63, 3.8) is 0 Å². The zero-order valence-electron chi connectivity index (χ0n) is 14.0. The molecule has 3 heterocycles. The number of amides is 1. The van der Waals surface area contributed by atoms with E-state index in [2.05, 4.69) is 4.99 Å². The summed E-state index contributed by atoms with van der Waals surface area (Å²) in [4.78, 5) is 29.9. The first-order valence-electron chi connectivity index (χ1n) is 8.16. The number of thioether (sulfide) groups is 1. The minimum Gasteiger partial charge on any atom is -0.477 e. The molecule has 1 aromatic rings. The Morgan fingerprint density at radius 3 is 3.00 bits per heavy atom. The molecule has 3 aliphatic heterocycles. The number of carbonyl (C=O) groups excluding carboxylic acids is 1. The molecular formula is C18H15ClN2O5S. The number of rotatable bonds is 5. The predicted molar refractivity (Wildman–Crippen MR) is 102 cm³/mol. The van der Waals surface area contributed by atoms with E-state index in [4.69, 9.17) is 21.1 Å². The second kappa shape index (κ2) is 7.28. The van der Waals surface area contributed by atoms with Gasteiger partial charge in [0.2, 0.25) is 6.79 Å². The van der Waals surface area contributed by atoms with Crippen molar-refractivity contribution < 1.29 is 24.2 Å². The third kappa shape index (κ3) is 3.19. The molecule has 0 aliphatic carbocycles. The average Bonchev–Trinajstić information content (AvgIpc) is 3.13. The largest absolute Gasteiger partial charge is 0.477 e. The number of hydrogen-bond acceptors (Lipinski definition) is 6. The van der Waals surface area contributed by atoms with Crippen molar-refractivity contribution in [3.05, 3.63) is 47.2 Å². The van der Waals surface area contributed by atoms with Crippen LogP contribution in [0.1, 0.15) is 5.56 Å². The van der Waals surface area contributed by atoms with Crippen molar-refractivity contribution >= 4 is 41.5 Å². The van der Waals surface area contributed by atoms with Gasteiger partial charge in [0, 0.05) is 17.8 Å². The van der Waals surface area contributed by atoms with Crippen LogP contribution in [0.2, 0.25) is 0 Å². The van der Waals surface area contributed by atoms with Crippen LogP contribution in [0.3, 0.4) is 0 Å². The highest BCUT2D eigenvalue weighted by Gasteiger charge is 2.53. The third-order valence-electron chi connectivity index (χ3n) is 4.36. The Bertz CT molecular complexity index is 898. The summed E-state index contributed by atoms with van der Waals surface area (Å²) in [5.74, 6) is 0.633. The second-order valence-electron chi connectivity index (χ2n) is 5.98. The van der Waals surface area contributed by atoms with Gasteiger partial charge in [0.25, 0.3) is 5.91 Å². The van der Waals surface area contributed by atoms with Gasteiger partial charge in [0.05, 0.1) is 0 Å². The Kier molecular flexibility index (Phi) is 4.84. The average molecular weight is 407 g/mol. The molecular weight excluding hydrogens is 392 g/mol. The summed E-state index contributed by atoms with van der Waals surface area (Å²) in [6.07, 6.45) is 4.94. The molecule has 0 spiro atoms. The normalized spacial score (nSPS) is 23.9. The Balaban J connectivity index is 1.53. The molecule has 140 valence electrons. The lowest BCUT2D eigenvalue weighted by Gasteiger charge is -2.47. The predicted octanol–water partition coefficient (Wildman–Crippen LogP) is 2.25. The zero-order chi connectivity index (χ0) is 19.0. The van der Waals surface area contributed by atoms with Crippen molar-refractivity contribution in [1.29, 1.82) is 0 Å². The molecule has 27 heavy (non-hydrogen) atoms. The SMILES string of the molecule is O=C(O)C1=C(C=CCCl)CS[C@H]2[C@H](N=Cc3ccc4c(c3)OCO4)C(=O)N12. The fourth-order valence-corrected chi connectivity index (χ4v) is 4.50. The number of allylic oxidation sites excluding steroid dienone is 2. The van der Waals surface area contributed by atoms with Gasteiger partial charge >= 0.3 is 5.97 Å². The van der Waals surface area contributed by atoms with Crippen LogP contribution in [0, 0.1) is 0 Å². The van der Waals surface area contributed by atoms with E-state index in [1.807, 2.05) is 6.07 Å². The maximum absolute atomic E-state index is 12.5. The quantitative estimate of drug-likeness (QED) is 0.458. The third-order valence-corrected chi connectivity index (χ3v) is 5.83. The van der Waals surface area contributed by atoms with Crippen molar-refractivity contribution in [2.75, 3.05) is 18.4 Å². The number of carboxylic acid groups (broad SMARTS) is 1. The highest BCUT2D eigenvalue weighted by Crippen LogP contribution is 2.42. The molecule has 3 aliphatic rings. The maximum Gasteiger partial charge on any atom is 0.352 e. The van der Waals surface area contributed by atoms with E-state index in [0.29, 0.717) is 22.8 Å². The van der Waals surface area contributed by atoms with Gasteiger partial charge < -0.3 is 14.6 Å². The number of alkyl halides is 1. The van der Waals surface area contributed by atoms with Crippen molar-refractivity contribution in [2.24, 2.45) is 4.99 Å². The van der Waals surface area contributed by atoms with Gasteiger partial charge in [-0.05, 0) is 29.3 Å². The standard InChI is InChI=1S/C18H15ClN2O5S/c19-5-1-2-11-8-27-17-14(16(22)21(17)15(11)18(23)24)20-7-10-3-4-12-13(6-10)26-9-25-12/h1-4,6-7,14,17H,5,8-9H2,(H,23,24)/t14-,17+/m1/s1. The summed E-state index contributed by atoms with van der Waals surface area (Å²) in [7, 11) is 0. The number of halogens is 1. The van der Waals surface area contributed by atoms with E-state index >= 15 is 0 Å². The highest BCUT2D eigenvalue weighted by molar-refractivity contribution is 8.00. The van der Waals surface area contributed by atoms with Crippen molar-refractivity contribution in [1.82, 2.24) is 4.90 Å². The number of fused-ring (bicyclic) bond motifs is 2. The summed E-state index contributed by atoms with van der Waals surface area (Å²) in [6.45, 7) is 0.190. The fourth-order valence-electron chi connectivity index (χ4n) is 3.10. The Morgan fingerprint density at radius 2 is 2.22 bits per heavy atom. The van der Waals surface area contributed by atoms with Crippen molar-refractivity contribution in [3.8, 4) is 11.5 Å². The minimum absolute atomic E-state index is 0.0136. The van der Waals surface area contributed by atoms with Crippen LogP contribution in [0.25, 0.3) is 0 Å². The molecule has 0 radical (unpaired) electrons. The first-order valence-corrected chi connectivity index (χ1v) is 9.75. The molecule has 1 saturated heterocycles. The first-order chi connectivity index (χ1) is 13.1. The number of nitrogens with zero attached hydrogens (tertiary/aromatic N) is 2. The Morgan fingerprint density at radius 1 is 1.41 bits per heavy atom. The number of benzene rings is 1. The van der Waals surface area contributed by atoms with Crippen LogP contribution in [0.15, 0.2) is 46.6 Å². The molecule has 4 rings (SSSR count). The van der Waals surface area contributed by atoms with Gasteiger partial charge in [-0.15, -0.1) is 23.4 Å². The van der Waals surface area contributed by atoms with Crippen LogP contribution >= 0.6 is 23.4 Å². The first kappa shape index (κ1) is 17.9. The molecule has 9 heteroatoms. The number of hydrogen-bond donors (Lipinski definition) is 1. The topological polar surface area (TPSA) is 88.4 Å². The molecule has 7 nitrogen and oxygen atoms in total. The summed E-state index contributed by atoms with van der Waals surface area (Å²) in [5.41, 5.74) is 1.38. The van der Waals surface area contributed by atoms with Gasteiger partial charge in [-0.25, -0.2) is 4.79 Å². The molecule has 1 N–H and O–H groups in total. The van der Waals surface area contributed by atoms with Gasteiger partial charge in [0.15, 0.2) is 17.5 Å². The molecule has 2 atom stereocenters. The molecule has 1 aromatic carbocycles. The van der Waals surface area contributed by atoms with Crippen molar-refractivity contribution in [2.45, 2.75) is 11.4 Å². The lowest BCUT2D eigenvalue weighted by atomic mass is 10.0. The molecule has 0 saturated carbocycles. The Labute approximate surface area is 164 Å². The van der Waals surface area contributed by atoms with E-state index in [1.165, 1.54) is 16.7 Å². The summed E-state index contributed by atoms with van der Waals surface area (Å²) < 4.78 is 10.6. The molecule has 0 aromatic heterocycles. The second-order valence-corrected chi connectivity index (χ2v) is 7.39. The van der Waals surface area contributed by atoms with Gasteiger partial charge in [0.1, 0.15) is 11.1 Å². The Hall–Kier alpha value is -2.45. The number of β-lactam (4-membered cyclic amide) rings is 1. The zero-order valence-corrected chi connectivity index (χ0v) is 15.6. The van der Waals surface area contributed by atoms with Gasteiger partial charge in [-0.3, -0.25) is 14.7 Å².